The van der Waals surface area contributed by atoms with Gasteiger partial charge in [-0.3, -0.25) is 4.79 Å². The van der Waals surface area contributed by atoms with Crippen molar-refractivity contribution in [1.82, 2.24) is 9.88 Å². The summed E-state index contributed by atoms with van der Waals surface area (Å²) in [6.45, 7) is 6.16. The highest BCUT2D eigenvalue weighted by molar-refractivity contribution is 5.93. The van der Waals surface area contributed by atoms with Gasteiger partial charge in [0.1, 0.15) is 17.7 Å². The van der Waals surface area contributed by atoms with Crippen molar-refractivity contribution >= 4 is 11.7 Å². The Bertz CT molecular complexity index is 1080. The summed E-state index contributed by atoms with van der Waals surface area (Å²) in [6, 6.07) is 18.2. The van der Waals surface area contributed by atoms with E-state index < -0.39 is 0 Å². The van der Waals surface area contributed by atoms with Crippen molar-refractivity contribution in [2.24, 2.45) is 0 Å². The molecule has 0 bridgehead atoms. The molecule has 5 nitrogen and oxygen atoms in total. The molecule has 0 aliphatic carbocycles. The molecule has 0 aliphatic rings. The van der Waals surface area contributed by atoms with Gasteiger partial charge in [0.15, 0.2) is 0 Å². The van der Waals surface area contributed by atoms with E-state index in [9.17, 15) is 14.4 Å². The summed E-state index contributed by atoms with van der Waals surface area (Å²) in [5.41, 5.74) is 3.80. The Morgan fingerprint density at radius 3 is 2.47 bits per heavy atom. The molecule has 0 saturated heterocycles. The van der Waals surface area contributed by atoms with Crippen LogP contribution in [-0.2, 0) is 11.3 Å². The normalized spacial score (nSPS) is 11.7. The van der Waals surface area contributed by atoms with Crippen LogP contribution in [0.4, 0.5) is 10.2 Å². The summed E-state index contributed by atoms with van der Waals surface area (Å²) in [6.07, 6.45) is 0. The number of benzene rings is 2. The zero-order valence-electron chi connectivity index (χ0n) is 17.4. The molecule has 0 radical (unpaired) electrons. The number of carbonyl (C=O) groups is 1. The summed E-state index contributed by atoms with van der Waals surface area (Å²) in [4.78, 5) is 12.6. The third kappa shape index (κ3) is 4.58. The first-order valence-corrected chi connectivity index (χ1v) is 9.83. The van der Waals surface area contributed by atoms with Gasteiger partial charge in [-0.1, -0.05) is 48.5 Å². The molecule has 3 aromatic rings. The number of aromatic nitrogens is 1. The molecule has 2 aromatic carbocycles. The third-order valence-corrected chi connectivity index (χ3v) is 5.32. The van der Waals surface area contributed by atoms with Crippen LogP contribution < -0.4 is 10.6 Å². The second kappa shape index (κ2) is 9.38. The van der Waals surface area contributed by atoms with Crippen LogP contribution in [-0.4, -0.2) is 17.0 Å². The Morgan fingerprint density at radius 2 is 1.80 bits per heavy atom. The van der Waals surface area contributed by atoms with Crippen LogP contribution >= 0.6 is 0 Å². The van der Waals surface area contributed by atoms with Crippen molar-refractivity contribution < 1.29 is 9.18 Å². The lowest BCUT2D eigenvalue weighted by atomic mass is 10.1. The number of nitrogens with one attached hydrogen (secondary N) is 2. The van der Waals surface area contributed by atoms with Crippen LogP contribution in [0.1, 0.15) is 40.9 Å². The molecule has 0 fully saturated rings. The Hall–Kier alpha value is -3.43. The molecule has 1 aromatic heterocycles. The first-order valence-electron chi connectivity index (χ1n) is 9.83. The predicted octanol–water partition coefficient (Wildman–Crippen LogP) is 4.45. The highest BCUT2D eigenvalue weighted by Crippen LogP contribution is 2.27. The number of amides is 1. The van der Waals surface area contributed by atoms with E-state index >= 15 is 0 Å². The molecule has 6 heteroatoms. The standard InChI is InChI=1S/C24H25FN4O/c1-16-18(3)29(15-19-9-5-4-6-10-19)24(21(16)13-26)28-23(30)14-27-17(2)20-11-7-8-12-22(20)25/h4-12,17,27H,14-15H2,1-3H3,(H,28,30). The fourth-order valence-electron chi connectivity index (χ4n) is 3.45. The molecule has 3 rings (SSSR count). The predicted molar refractivity (Wildman–Crippen MR) is 116 cm³/mol. The van der Waals surface area contributed by atoms with Gasteiger partial charge in [-0.2, -0.15) is 5.26 Å². The van der Waals surface area contributed by atoms with Crippen molar-refractivity contribution in [3.8, 4) is 6.07 Å². The van der Waals surface area contributed by atoms with Crippen LogP contribution in [0.3, 0.4) is 0 Å². The number of nitriles is 1. The highest BCUT2D eigenvalue weighted by Gasteiger charge is 2.20. The summed E-state index contributed by atoms with van der Waals surface area (Å²) in [5, 5.41) is 15.6. The number of rotatable bonds is 7. The summed E-state index contributed by atoms with van der Waals surface area (Å²) < 4.78 is 15.9. The summed E-state index contributed by atoms with van der Waals surface area (Å²) in [5.74, 6) is -0.115. The van der Waals surface area contributed by atoms with Gasteiger partial charge in [-0.25, -0.2) is 4.39 Å². The minimum Gasteiger partial charge on any atom is -0.326 e. The summed E-state index contributed by atoms with van der Waals surface area (Å²) in [7, 11) is 0. The van der Waals surface area contributed by atoms with Crippen molar-refractivity contribution in [1.29, 1.82) is 5.26 Å². The number of hydrogen-bond acceptors (Lipinski definition) is 3. The van der Waals surface area contributed by atoms with Gasteiger partial charge in [0.25, 0.3) is 0 Å². The van der Waals surface area contributed by atoms with Crippen LogP contribution in [0, 0.1) is 31.0 Å². The molecule has 1 amide bonds. The zero-order valence-corrected chi connectivity index (χ0v) is 17.4. The first-order chi connectivity index (χ1) is 14.4. The van der Waals surface area contributed by atoms with Crippen molar-refractivity contribution in [3.63, 3.8) is 0 Å². The fraction of sp³-hybridized carbons (Fsp3) is 0.250. The smallest absolute Gasteiger partial charge is 0.239 e. The number of halogens is 1. The molecule has 2 N–H and O–H groups in total. The molecule has 0 aliphatic heterocycles. The Balaban J connectivity index is 1.76. The van der Waals surface area contributed by atoms with Crippen molar-refractivity contribution in [2.75, 3.05) is 11.9 Å². The Morgan fingerprint density at radius 1 is 1.13 bits per heavy atom. The zero-order chi connectivity index (χ0) is 21.7. The summed E-state index contributed by atoms with van der Waals surface area (Å²) >= 11 is 0. The van der Waals surface area contributed by atoms with Crippen LogP contribution in [0.15, 0.2) is 54.6 Å². The van der Waals surface area contributed by atoms with Crippen LogP contribution in [0.25, 0.3) is 0 Å². The number of hydrogen-bond donors (Lipinski definition) is 2. The SMILES string of the molecule is Cc1c(C#N)c(NC(=O)CNC(C)c2ccccc2F)n(Cc2ccccc2)c1C. The molecule has 1 atom stereocenters. The molecule has 0 saturated carbocycles. The van der Waals surface area contributed by atoms with E-state index in [4.69, 9.17) is 0 Å². The van der Waals surface area contributed by atoms with Gasteiger partial charge in [0, 0.05) is 23.8 Å². The van der Waals surface area contributed by atoms with Gasteiger partial charge in [-0.15, -0.1) is 0 Å². The number of nitrogens with zero attached hydrogens (tertiary/aromatic N) is 2. The number of anilines is 1. The highest BCUT2D eigenvalue weighted by atomic mass is 19.1. The lowest BCUT2D eigenvalue weighted by Crippen LogP contribution is -2.31. The van der Waals surface area contributed by atoms with Gasteiger partial charge in [0.05, 0.1) is 12.1 Å². The van der Waals surface area contributed by atoms with E-state index in [0.717, 1.165) is 16.8 Å². The lowest BCUT2D eigenvalue weighted by molar-refractivity contribution is -0.115. The van der Waals surface area contributed by atoms with Crippen LogP contribution in [0.5, 0.6) is 0 Å². The van der Waals surface area contributed by atoms with Crippen molar-refractivity contribution in [3.05, 3.63) is 88.4 Å². The Kier molecular flexibility index (Phi) is 6.65. The molecule has 1 unspecified atom stereocenters. The maximum Gasteiger partial charge on any atom is 0.239 e. The quantitative estimate of drug-likeness (QED) is 0.611. The minimum atomic E-state index is -0.327. The molecule has 154 valence electrons. The van der Waals surface area contributed by atoms with Crippen LogP contribution in [0.2, 0.25) is 0 Å². The van der Waals surface area contributed by atoms with E-state index in [-0.39, 0.29) is 24.3 Å². The largest absolute Gasteiger partial charge is 0.326 e. The average Bonchev–Trinajstić information content (AvgIpc) is 2.97. The number of carbonyl (C=O) groups excluding carboxylic acids is 1. The third-order valence-electron chi connectivity index (χ3n) is 5.32. The Labute approximate surface area is 176 Å². The van der Waals surface area contributed by atoms with E-state index in [0.29, 0.717) is 23.5 Å². The van der Waals surface area contributed by atoms with Crippen molar-refractivity contribution in [2.45, 2.75) is 33.4 Å². The maximum atomic E-state index is 13.9. The molecular formula is C24H25FN4O. The monoisotopic (exact) mass is 404 g/mol. The van der Waals surface area contributed by atoms with Gasteiger partial charge < -0.3 is 15.2 Å². The van der Waals surface area contributed by atoms with E-state index in [1.54, 1.807) is 25.1 Å². The fourth-order valence-corrected chi connectivity index (χ4v) is 3.45. The van der Waals surface area contributed by atoms with Gasteiger partial charge in [-0.05, 0) is 38.0 Å². The second-order valence-electron chi connectivity index (χ2n) is 7.29. The molecule has 0 spiro atoms. The lowest BCUT2D eigenvalue weighted by Gasteiger charge is -2.16. The maximum absolute atomic E-state index is 13.9. The van der Waals surface area contributed by atoms with E-state index in [2.05, 4.69) is 16.7 Å². The minimum absolute atomic E-state index is 0.00498. The molecular weight excluding hydrogens is 379 g/mol. The van der Waals surface area contributed by atoms with Gasteiger partial charge >= 0.3 is 0 Å². The van der Waals surface area contributed by atoms with E-state index in [1.165, 1.54) is 6.07 Å². The topological polar surface area (TPSA) is 69.8 Å². The van der Waals surface area contributed by atoms with Gasteiger partial charge in [0.2, 0.25) is 5.91 Å². The van der Waals surface area contributed by atoms with E-state index in [1.807, 2.05) is 48.7 Å². The molecule has 30 heavy (non-hydrogen) atoms. The first kappa shape index (κ1) is 21.3. The average molecular weight is 404 g/mol. The molecule has 1 heterocycles. The second-order valence-corrected chi connectivity index (χ2v) is 7.29.